The fourth-order valence-corrected chi connectivity index (χ4v) is 3.97. The van der Waals surface area contributed by atoms with Crippen LogP contribution in [0.1, 0.15) is 5.56 Å². The molecule has 5 aromatic rings. The minimum absolute atomic E-state index is 0.0776. The Morgan fingerprint density at radius 1 is 0.861 bits per heavy atom. The van der Waals surface area contributed by atoms with Crippen molar-refractivity contribution < 1.29 is 18.7 Å². The molecule has 2 heterocycles. The minimum atomic E-state index is -0.535. The fraction of sp³-hybridized carbons (Fsp3) is 0.154. The standard InChI is InChI=1S/C26H22N4O6/c1-33-20-7-5-4-6-17(20)14-30-25(31)18-10-8-16(12-19(18)27-26(30)32)24-28-23(29-36-24)15-9-11-21(34-2)22(13-15)35-3/h4-13H,14H2,1-3H3,(H,27,32). The van der Waals surface area contributed by atoms with Gasteiger partial charge in [-0.05, 0) is 42.5 Å². The van der Waals surface area contributed by atoms with Crippen LogP contribution < -0.4 is 25.5 Å². The van der Waals surface area contributed by atoms with Crippen LogP contribution in [-0.2, 0) is 6.54 Å². The number of rotatable bonds is 7. The van der Waals surface area contributed by atoms with Crippen molar-refractivity contribution in [1.29, 1.82) is 0 Å². The second kappa shape index (κ2) is 9.41. The van der Waals surface area contributed by atoms with Crippen LogP contribution in [0.3, 0.4) is 0 Å². The van der Waals surface area contributed by atoms with Crippen molar-refractivity contribution in [3.05, 3.63) is 87.1 Å². The summed E-state index contributed by atoms with van der Waals surface area (Å²) < 4.78 is 22.5. The summed E-state index contributed by atoms with van der Waals surface area (Å²) >= 11 is 0. The molecule has 0 aliphatic carbocycles. The van der Waals surface area contributed by atoms with Crippen LogP contribution in [0.5, 0.6) is 17.2 Å². The van der Waals surface area contributed by atoms with Crippen LogP contribution in [0.4, 0.5) is 0 Å². The molecule has 10 nitrogen and oxygen atoms in total. The number of fused-ring (bicyclic) bond motifs is 1. The highest BCUT2D eigenvalue weighted by molar-refractivity contribution is 5.82. The molecular formula is C26H22N4O6. The fourth-order valence-electron chi connectivity index (χ4n) is 3.97. The Hall–Kier alpha value is -4.86. The van der Waals surface area contributed by atoms with Crippen LogP contribution in [0.15, 0.2) is 74.8 Å². The second-order valence-electron chi connectivity index (χ2n) is 7.89. The lowest BCUT2D eigenvalue weighted by atomic mass is 10.1. The van der Waals surface area contributed by atoms with E-state index < -0.39 is 11.2 Å². The maximum atomic E-state index is 13.1. The van der Waals surface area contributed by atoms with Gasteiger partial charge in [0, 0.05) is 16.7 Å². The summed E-state index contributed by atoms with van der Waals surface area (Å²) in [5.74, 6) is 2.31. The van der Waals surface area contributed by atoms with Gasteiger partial charge in [-0.1, -0.05) is 23.4 Å². The van der Waals surface area contributed by atoms with Gasteiger partial charge in [0.1, 0.15) is 5.75 Å². The smallest absolute Gasteiger partial charge is 0.329 e. The normalized spacial score (nSPS) is 11.0. The Labute approximate surface area is 204 Å². The summed E-state index contributed by atoms with van der Waals surface area (Å²) in [6.45, 7) is 0.0776. The summed E-state index contributed by atoms with van der Waals surface area (Å²) in [5.41, 5.74) is 1.37. The summed E-state index contributed by atoms with van der Waals surface area (Å²) in [5, 5.41) is 4.41. The first-order chi connectivity index (χ1) is 17.5. The van der Waals surface area contributed by atoms with E-state index in [9.17, 15) is 9.59 Å². The SMILES string of the molecule is COc1ccccc1Cn1c(=O)[nH]c2cc(-c3nc(-c4ccc(OC)c(OC)c4)no3)ccc2c1=O. The van der Waals surface area contributed by atoms with Gasteiger partial charge in [0.15, 0.2) is 11.5 Å². The van der Waals surface area contributed by atoms with E-state index in [4.69, 9.17) is 18.7 Å². The molecule has 0 saturated carbocycles. The molecule has 10 heteroatoms. The van der Waals surface area contributed by atoms with Gasteiger partial charge in [-0.25, -0.2) is 4.79 Å². The van der Waals surface area contributed by atoms with E-state index in [0.29, 0.717) is 45.1 Å². The number of hydrogen-bond acceptors (Lipinski definition) is 8. The largest absolute Gasteiger partial charge is 0.496 e. The highest BCUT2D eigenvalue weighted by Gasteiger charge is 2.16. The van der Waals surface area contributed by atoms with Crippen LogP contribution in [0.2, 0.25) is 0 Å². The van der Waals surface area contributed by atoms with Gasteiger partial charge in [0.05, 0.1) is 38.8 Å². The molecule has 0 radical (unpaired) electrons. The molecule has 0 aliphatic rings. The Kier molecular flexibility index (Phi) is 5.99. The van der Waals surface area contributed by atoms with Gasteiger partial charge in [-0.2, -0.15) is 4.98 Å². The van der Waals surface area contributed by atoms with Gasteiger partial charge < -0.3 is 23.7 Å². The predicted octanol–water partition coefficient (Wildman–Crippen LogP) is 3.48. The van der Waals surface area contributed by atoms with E-state index in [1.54, 1.807) is 63.8 Å². The van der Waals surface area contributed by atoms with E-state index in [1.165, 1.54) is 0 Å². The summed E-state index contributed by atoms with van der Waals surface area (Å²) in [4.78, 5) is 33.2. The molecule has 0 aliphatic heterocycles. The van der Waals surface area contributed by atoms with E-state index in [0.717, 1.165) is 10.1 Å². The number of benzene rings is 3. The van der Waals surface area contributed by atoms with E-state index in [1.807, 2.05) is 18.2 Å². The van der Waals surface area contributed by atoms with Gasteiger partial charge in [0.25, 0.3) is 11.4 Å². The molecule has 5 rings (SSSR count). The summed E-state index contributed by atoms with van der Waals surface area (Å²) in [6, 6.07) is 17.5. The molecule has 182 valence electrons. The van der Waals surface area contributed by atoms with Crippen LogP contribution in [0, 0.1) is 0 Å². The zero-order valence-corrected chi connectivity index (χ0v) is 19.8. The molecule has 0 spiro atoms. The third-order valence-corrected chi connectivity index (χ3v) is 5.82. The Bertz CT molecular complexity index is 1680. The van der Waals surface area contributed by atoms with Crippen molar-refractivity contribution in [2.45, 2.75) is 6.54 Å². The van der Waals surface area contributed by atoms with Crippen molar-refractivity contribution in [1.82, 2.24) is 19.7 Å². The molecular weight excluding hydrogens is 464 g/mol. The summed E-state index contributed by atoms with van der Waals surface area (Å²) in [7, 11) is 4.65. The zero-order valence-electron chi connectivity index (χ0n) is 19.8. The number of H-pyrrole nitrogens is 1. The van der Waals surface area contributed by atoms with Crippen molar-refractivity contribution >= 4 is 10.9 Å². The molecule has 3 aromatic carbocycles. The number of methoxy groups -OCH3 is 3. The van der Waals surface area contributed by atoms with E-state index >= 15 is 0 Å². The third kappa shape index (κ3) is 4.09. The molecule has 1 N–H and O–H groups in total. The Morgan fingerprint density at radius 2 is 1.61 bits per heavy atom. The molecule has 0 unspecified atom stereocenters. The molecule has 2 aromatic heterocycles. The molecule has 0 bridgehead atoms. The van der Waals surface area contributed by atoms with Crippen molar-refractivity contribution in [2.75, 3.05) is 21.3 Å². The lowest BCUT2D eigenvalue weighted by Crippen LogP contribution is -2.35. The van der Waals surface area contributed by atoms with Gasteiger partial charge in [0.2, 0.25) is 5.82 Å². The first-order valence-corrected chi connectivity index (χ1v) is 11.0. The average molecular weight is 486 g/mol. The van der Waals surface area contributed by atoms with Crippen molar-refractivity contribution in [3.63, 3.8) is 0 Å². The lowest BCUT2D eigenvalue weighted by Gasteiger charge is -2.10. The van der Waals surface area contributed by atoms with Crippen molar-refractivity contribution in [2.24, 2.45) is 0 Å². The number of aromatic amines is 1. The second-order valence-corrected chi connectivity index (χ2v) is 7.89. The van der Waals surface area contributed by atoms with Gasteiger partial charge in [-0.15, -0.1) is 0 Å². The summed E-state index contributed by atoms with van der Waals surface area (Å²) in [6.07, 6.45) is 0. The molecule has 0 fully saturated rings. The molecule has 0 atom stereocenters. The maximum Gasteiger partial charge on any atom is 0.329 e. The number of aromatic nitrogens is 4. The average Bonchev–Trinajstić information content (AvgIpc) is 3.41. The van der Waals surface area contributed by atoms with Crippen molar-refractivity contribution in [3.8, 4) is 40.1 Å². The molecule has 0 saturated heterocycles. The number of hydrogen-bond donors (Lipinski definition) is 1. The number of ether oxygens (including phenoxy) is 3. The van der Waals surface area contributed by atoms with E-state index in [2.05, 4.69) is 15.1 Å². The first kappa shape index (κ1) is 22.9. The maximum absolute atomic E-state index is 13.1. The lowest BCUT2D eigenvalue weighted by molar-refractivity contribution is 0.355. The topological polar surface area (TPSA) is 121 Å². The zero-order chi connectivity index (χ0) is 25.2. The number of para-hydroxylation sites is 1. The van der Waals surface area contributed by atoms with E-state index in [-0.39, 0.29) is 12.4 Å². The molecule has 0 amide bonds. The number of nitrogens with one attached hydrogen (secondary N) is 1. The first-order valence-electron chi connectivity index (χ1n) is 11.0. The van der Waals surface area contributed by atoms with Crippen LogP contribution in [-0.4, -0.2) is 41.0 Å². The van der Waals surface area contributed by atoms with Crippen LogP contribution >= 0.6 is 0 Å². The Morgan fingerprint density at radius 3 is 2.39 bits per heavy atom. The third-order valence-electron chi connectivity index (χ3n) is 5.82. The predicted molar refractivity (Wildman–Crippen MR) is 133 cm³/mol. The quantitative estimate of drug-likeness (QED) is 0.371. The van der Waals surface area contributed by atoms with Gasteiger partial charge >= 0.3 is 5.69 Å². The molecule has 36 heavy (non-hydrogen) atoms. The highest BCUT2D eigenvalue weighted by Crippen LogP contribution is 2.32. The van der Waals surface area contributed by atoms with Gasteiger partial charge in [-0.3, -0.25) is 9.36 Å². The van der Waals surface area contributed by atoms with Crippen LogP contribution in [0.25, 0.3) is 33.7 Å². The minimum Gasteiger partial charge on any atom is -0.496 e. The monoisotopic (exact) mass is 486 g/mol. The number of nitrogens with zero attached hydrogens (tertiary/aromatic N) is 3. The highest BCUT2D eigenvalue weighted by atomic mass is 16.5. The Balaban J connectivity index is 1.50.